The van der Waals surface area contributed by atoms with Crippen molar-refractivity contribution in [3.05, 3.63) is 52.8 Å². The second kappa shape index (κ2) is 7.90. The first-order chi connectivity index (χ1) is 11.4. The number of aromatic nitrogens is 1. The number of nitrogens with zero attached hydrogens (tertiary/aromatic N) is 3. The molecule has 0 saturated carbocycles. The molecule has 5 heteroatoms. The summed E-state index contributed by atoms with van der Waals surface area (Å²) in [6, 6.07) is 8.15. The van der Waals surface area contributed by atoms with Gasteiger partial charge in [0.25, 0.3) is 0 Å². The number of aliphatic imine (C=N–C) groups is 1. The third-order valence-corrected chi connectivity index (χ3v) is 4.11. The quantitative estimate of drug-likeness (QED) is 0.655. The normalized spacial score (nSPS) is 11.6. The molecule has 1 aromatic carbocycles. The molecule has 0 radical (unpaired) electrons. The predicted molar refractivity (Wildman–Crippen MR) is 99.3 cm³/mol. The molecule has 0 fully saturated rings. The summed E-state index contributed by atoms with van der Waals surface area (Å²) < 4.78 is 2.12. The van der Waals surface area contributed by atoms with E-state index < -0.39 is 0 Å². The van der Waals surface area contributed by atoms with Gasteiger partial charge >= 0.3 is 0 Å². The van der Waals surface area contributed by atoms with Crippen LogP contribution in [0.15, 0.2) is 35.5 Å². The van der Waals surface area contributed by atoms with Crippen LogP contribution in [-0.4, -0.2) is 34.1 Å². The Kier molecular flexibility index (Phi) is 5.90. The number of nitrogens with one attached hydrogen (secondary N) is 1. The van der Waals surface area contributed by atoms with Gasteiger partial charge in [-0.25, -0.2) is 4.99 Å². The van der Waals surface area contributed by atoms with E-state index in [0.29, 0.717) is 12.3 Å². The van der Waals surface area contributed by atoms with E-state index in [9.17, 15) is 5.11 Å². The van der Waals surface area contributed by atoms with Crippen molar-refractivity contribution in [2.45, 2.75) is 33.9 Å². The van der Waals surface area contributed by atoms with Gasteiger partial charge in [0, 0.05) is 32.5 Å². The molecule has 1 heterocycles. The van der Waals surface area contributed by atoms with Crippen molar-refractivity contribution >= 4 is 5.96 Å². The van der Waals surface area contributed by atoms with Crippen LogP contribution in [0.2, 0.25) is 0 Å². The van der Waals surface area contributed by atoms with Gasteiger partial charge in [0.15, 0.2) is 5.96 Å². The zero-order valence-electron chi connectivity index (χ0n) is 15.3. The molecule has 5 nitrogen and oxygen atoms in total. The van der Waals surface area contributed by atoms with E-state index in [0.717, 1.165) is 35.7 Å². The zero-order chi connectivity index (χ0) is 17.7. The van der Waals surface area contributed by atoms with E-state index in [-0.39, 0.29) is 0 Å². The summed E-state index contributed by atoms with van der Waals surface area (Å²) in [4.78, 5) is 6.87. The van der Waals surface area contributed by atoms with E-state index >= 15 is 0 Å². The number of aryl methyl sites for hydroxylation is 3. The lowest BCUT2D eigenvalue weighted by molar-refractivity contribution is 0.461. The van der Waals surface area contributed by atoms with Crippen LogP contribution in [-0.2, 0) is 20.1 Å². The predicted octanol–water partition coefficient (Wildman–Crippen LogP) is 2.95. The van der Waals surface area contributed by atoms with Gasteiger partial charge in [0.2, 0.25) is 0 Å². The molecule has 0 bridgehead atoms. The minimum absolute atomic E-state index is 0.371. The molecule has 2 aromatic rings. The van der Waals surface area contributed by atoms with Crippen molar-refractivity contribution in [2.24, 2.45) is 12.0 Å². The summed E-state index contributed by atoms with van der Waals surface area (Å²) >= 11 is 0. The lowest BCUT2D eigenvalue weighted by Gasteiger charge is -2.22. The molecular weight excluding hydrogens is 300 g/mol. The van der Waals surface area contributed by atoms with Crippen molar-refractivity contribution in [3.63, 3.8) is 0 Å². The number of phenols is 1. The van der Waals surface area contributed by atoms with Gasteiger partial charge in [0.1, 0.15) is 5.75 Å². The fourth-order valence-corrected chi connectivity index (χ4v) is 2.75. The third kappa shape index (κ3) is 4.31. The average Bonchev–Trinajstić information content (AvgIpc) is 2.93. The Hall–Kier alpha value is -2.43. The molecule has 0 saturated heterocycles. The summed E-state index contributed by atoms with van der Waals surface area (Å²) in [6.45, 7) is 8.11. The molecule has 0 aliphatic carbocycles. The van der Waals surface area contributed by atoms with E-state index in [1.807, 2.05) is 33.0 Å². The number of guanidine groups is 1. The number of rotatable bonds is 5. The van der Waals surface area contributed by atoms with Crippen LogP contribution in [0, 0.1) is 13.8 Å². The van der Waals surface area contributed by atoms with Crippen LogP contribution in [0.4, 0.5) is 0 Å². The van der Waals surface area contributed by atoms with Crippen LogP contribution >= 0.6 is 0 Å². The molecule has 2 rings (SSSR count). The fraction of sp³-hybridized carbons (Fsp3) is 0.421. The Morgan fingerprint density at radius 3 is 2.50 bits per heavy atom. The van der Waals surface area contributed by atoms with Gasteiger partial charge in [-0.1, -0.05) is 12.1 Å². The summed E-state index contributed by atoms with van der Waals surface area (Å²) in [7, 11) is 4.09. The number of benzene rings is 1. The minimum Gasteiger partial charge on any atom is -0.507 e. The largest absolute Gasteiger partial charge is 0.507 e. The van der Waals surface area contributed by atoms with Crippen LogP contribution in [0.1, 0.15) is 29.3 Å². The Labute approximate surface area is 144 Å². The summed E-state index contributed by atoms with van der Waals surface area (Å²) in [5, 5.41) is 13.2. The van der Waals surface area contributed by atoms with Gasteiger partial charge in [-0.15, -0.1) is 0 Å². The average molecular weight is 328 g/mol. The molecular formula is C19H28N4O. The van der Waals surface area contributed by atoms with Gasteiger partial charge < -0.3 is 19.9 Å². The number of hydrogen-bond donors (Lipinski definition) is 2. The highest BCUT2D eigenvalue weighted by molar-refractivity contribution is 5.79. The highest BCUT2D eigenvalue weighted by Gasteiger charge is 2.09. The Morgan fingerprint density at radius 2 is 1.96 bits per heavy atom. The van der Waals surface area contributed by atoms with Gasteiger partial charge in [-0.3, -0.25) is 0 Å². The second-order valence-electron chi connectivity index (χ2n) is 6.21. The maximum atomic E-state index is 9.89. The number of aromatic hydroxyl groups is 1. The van der Waals surface area contributed by atoms with E-state index in [1.165, 1.54) is 5.69 Å². The monoisotopic (exact) mass is 328 g/mol. The Balaban J connectivity index is 2.14. The van der Waals surface area contributed by atoms with Gasteiger partial charge in [-0.2, -0.15) is 0 Å². The van der Waals surface area contributed by atoms with Crippen LogP contribution in [0.3, 0.4) is 0 Å². The van der Waals surface area contributed by atoms with Crippen LogP contribution < -0.4 is 5.32 Å². The SMILES string of the molecule is CCNC(=NCc1cc(C)c(O)c(C)c1)N(C)Cc1cccn1C. The van der Waals surface area contributed by atoms with E-state index in [2.05, 4.69) is 47.1 Å². The lowest BCUT2D eigenvalue weighted by atomic mass is 10.1. The van der Waals surface area contributed by atoms with Gasteiger partial charge in [0.05, 0.1) is 13.1 Å². The standard InChI is InChI=1S/C19H28N4O/c1-6-20-19(23(5)13-17-8-7-9-22(17)4)21-12-16-10-14(2)18(24)15(3)11-16/h7-11,24H,6,12-13H2,1-5H3,(H,20,21). The van der Waals surface area contributed by atoms with Crippen molar-refractivity contribution in [1.82, 2.24) is 14.8 Å². The highest BCUT2D eigenvalue weighted by Crippen LogP contribution is 2.23. The smallest absolute Gasteiger partial charge is 0.194 e. The molecule has 0 atom stereocenters. The summed E-state index contributed by atoms with van der Waals surface area (Å²) in [5.74, 6) is 1.25. The molecule has 2 N–H and O–H groups in total. The Morgan fingerprint density at radius 1 is 1.29 bits per heavy atom. The fourth-order valence-electron chi connectivity index (χ4n) is 2.75. The number of phenolic OH excluding ortho intramolecular Hbond substituents is 1. The van der Waals surface area contributed by atoms with E-state index in [1.54, 1.807) is 0 Å². The van der Waals surface area contributed by atoms with Crippen LogP contribution in [0.5, 0.6) is 5.75 Å². The summed E-state index contributed by atoms with van der Waals surface area (Å²) in [5.41, 5.74) is 4.12. The number of hydrogen-bond acceptors (Lipinski definition) is 2. The van der Waals surface area contributed by atoms with Crippen molar-refractivity contribution in [1.29, 1.82) is 0 Å². The molecule has 0 aliphatic heterocycles. The molecule has 0 spiro atoms. The second-order valence-corrected chi connectivity index (χ2v) is 6.21. The minimum atomic E-state index is 0.371. The molecule has 130 valence electrons. The highest BCUT2D eigenvalue weighted by atomic mass is 16.3. The maximum absolute atomic E-state index is 9.89. The van der Waals surface area contributed by atoms with Crippen molar-refractivity contribution in [2.75, 3.05) is 13.6 Å². The van der Waals surface area contributed by atoms with Gasteiger partial charge in [-0.05, 0) is 49.6 Å². The Bertz CT molecular complexity index is 695. The molecule has 1 aromatic heterocycles. The molecule has 0 aliphatic rings. The van der Waals surface area contributed by atoms with E-state index in [4.69, 9.17) is 4.99 Å². The molecule has 0 unspecified atom stereocenters. The first-order valence-corrected chi connectivity index (χ1v) is 8.31. The maximum Gasteiger partial charge on any atom is 0.194 e. The van der Waals surface area contributed by atoms with Crippen LogP contribution in [0.25, 0.3) is 0 Å². The molecule has 0 amide bonds. The zero-order valence-corrected chi connectivity index (χ0v) is 15.3. The topological polar surface area (TPSA) is 52.8 Å². The summed E-state index contributed by atoms with van der Waals surface area (Å²) in [6.07, 6.45) is 2.05. The van der Waals surface area contributed by atoms with Crippen molar-refractivity contribution in [3.8, 4) is 5.75 Å². The first-order valence-electron chi connectivity index (χ1n) is 8.31. The van der Waals surface area contributed by atoms with Crippen molar-refractivity contribution < 1.29 is 5.11 Å². The third-order valence-electron chi connectivity index (χ3n) is 4.11. The molecule has 24 heavy (non-hydrogen) atoms. The lowest BCUT2D eigenvalue weighted by Crippen LogP contribution is -2.38. The first kappa shape index (κ1) is 17.9.